The summed E-state index contributed by atoms with van der Waals surface area (Å²) in [6.07, 6.45) is 0. The average Bonchev–Trinajstić information content (AvgIpc) is 2.27. The first-order valence-corrected chi connectivity index (χ1v) is 25.8. The zero-order valence-corrected chi connectivity index (χ0v) is 31.3. The molecule has 0 unspecified atom stereocenters. The van der Waals surface area contributed by atoms with Gasteiger partial charge >= 0.3 is 40.7 Å². The second-order valence-corrected chi connectivity index (χ2v) is 39.2. The Kier molecular flexibility index (Phi) is 15.8. The molecule has 0 aliphatic heterocycles. The van der Waals surface area contributed by atoms with E-state index in [4.69, 9.17) is 10.0 Å². The topological polar surface area (TPSA) is 0 Å². The van der Waals surface area contributed by atoms with Crippen molar-refractivity contribution < 1.29 is 0 Å². The van der Waals surface area contributed by atoms with Crippen molar-refractivity contribution in [1.29, 1.82) is 0 Å². The molecule has 0 amide bonds. The molecule has 0 aliphatic carbocycles. The van der Waals surface area contributed by atoms with Crippen LogP contribution in [0.5, 0.6) is 0 Å². The van der Waals surface area contributed by atoms with Crippen LogP contribution in [0.1, 0.15) is 125 Å². The van der Waals surface area contributed by atoms with E-state index < -0.39 is 17.6 Å². The van der Waals surface area contributed by atoms with Gasteiger partial charge in [0.2, 0.25) is 0 Å². The standard InChI is InChI=1S/2C12H27Si.CH3ClGe2/c2*1-10(2,3)13(11(4,5)6)12(7,8)9;1-3-4-2/h2*1-9H3;1H3. The third-order valence-electron chi connectivity index (χ3n) is 4.59. The Balaban J connectivity index is -0.000000412. The zero-order valence-electron chi connectivity index (χ0n) is 24.4. The molecule has 30 heavy (non-hydrogen) atoms. The van der Waals surface area contributed by atoms with Crippen molar-refractivity contribution in [3.8, 4) is 0 Å². The molecular weight excluding hydrogens is 537 g/mol. The van der Waals surface area contributed by atoms with Gasteiger partial charge in [-0.2, -0.15) is 0 Å². The molecular formula is C25H57ClGe2Si2. The van der Waals surface area contributed by atoms with Crippen LogP contribution in [0.3, 0.4) is 0 Å². The summed E-state index contributed by atoms with van der Waals surface area (Å²) in [6.45, 7) is 43.2. The molecule has 0 atom stereocenters. The van der Waals surface area contributed by atoms with Gasteiger partial charge in [0.1, 0.15) is 0 Å². The molecule has 180 valence electrons. The summed E-state index contributed by atoms with van der Waals surface area (Å²) in [5.41, 5.74) is 0. The molecule has 0 saturated heterocycles. The second kappa shape index (κ2) is 13.0. The minimum absolute atomic E-state index is 0.111. The number of hydrogen-bond acceptors (Lipinski definition) is 0. The van der Waals surface area contributed by atoms with E-state index in [1.165, 1.54) is 0 Å². The summed E-state index contributed by atoms with van der Waals surface area (Å²) in [4.78, 5) is 0. The quantitative estimate of drug-likeness (QED) is 0.245. The van der Waals surface area contributed by atoms with Crippen LogP contribution >= 0.6 is 10.0 Å². The van der Waals surface area contributed by atoms with Crippen LogP contribution in [-0.2, 0) is 0 Å². The first kappa shape index (κ1) is 36.4. The maximum absolute atomic E-state index is 5.37. The van der Waals surface area contributed by atoms with Gasteiger partial charge in [0.25, 0.3) is 0 Å². The van der Waals surface area contributed by atoms with Gasteiger partial charge in [-0.3, -0.25) is 0 Å². The molecule has 0 aliphatic rings. The van der Waals surface area contributed by atoms with Crippen LogP contribution in [-0.4, -0.2) is 42.5 Å². The Bertz CT molecular complexity index is 376. The Morgan fingerprint density at radius 3 is 0.500 bits per heavy atom. The Morgan fingerprint density at radius 1 is 0.400 bits per heavy atom. The van der Waals surface area contributed by atoms with E-state index in [1.54, 1.807) is 0 Å². The van der Waals surface area contributed by atoms with Gasteiger partial charge < -0.3 is 0 Å². The number of rotatable bonds is 0. The SMILES string of the molecule is CC(C)(C)[Si](C(C)(C)C)C(C)(C)C.CC(C)(C)[Si](C(C)(C)C)C(C)(C)C.[CH3][Ge]=[Ge][Cl]. The molecule has 0 spiro atoms. The van der Waals surface area contributed by atoms with Crippen LogP contribution in [0.25, 0.3) is 0 Å². The molecule has 5 heteroatoms. The van der Waals surface area contributed by atoms with E-state index in [2.05, 4.69) is 130 Å². The molecule has 4 radical (unpaired) electrons. The zero-order chi connectivity index (χ0) is 25.6. The Labute approximate surface area is 211 Å². The van der Waals surface area contributed by atoms with Gasteiger partial charge in [0, 0.05) is 0 Å². The molecule has 0 saturated carbocycles. The van der Waals surface area contributed by atoms with E-state index in [0.29, 0.717) is 43.2 Å². The van der Waals surface area contributed by atoms with E-state index in [9.17, 15) is 0 Å². The summed E-state index contributed by atoms with van der Waals surface area (Å²) in [5.74, 6) is 2.23. The fourth-order valence-corrected chi connectivity index (χ4v) is 20.2. The fourth-order valence-electron chi connectivity index (χ4n) is 6.75. The van der Waals surface area contributed by atoms with Crippen molar-refractivity contribution in [2.75, 3.05) is 0 Å². The summed E-state index contributed by atoms with van der Waals surface area (Å²) < 4.78 is 0. The van der Waals surface area contributed by atoms with E-state index in [1.807, 2.05) is 0 Å². The van der Waals surface area contributed by atoms with Crippen molar-refractivity contribution in [2.45, 2.75) is 161 Å². The second-order valence-electron chi connectivity index (χ2n) is 14.6. The van der Waals surface area contributed by atoms with Gasteiger partial charge in [-0.05, 0) is 30.2 Å². The van der Waals surface area contributed by atoms with E-state index in [-0.39, 0.29) is 12.0 Å². The predicted octanol–water partition coefficient (Wildman–Crippen LogP) is 10.3. The van der Waals surface area contributed by atoms with Crippen LogP contribution < -0.4 is 0 Å². The Morgan fingerprint density at radius 2 is 0.500 bits per heavy atom. The van der Waals surface area contributed by atoms with Gasteiger partial charge in [-0.25, -0.2) is 0 Å². The van der Waals surface area contributed by atoms with Gasteiger partial charge in [0.05, 0.1) is 17.6 Å². The number of halogens is 1. The number of hydrogen-bond donors (Lipinski definition) is 0. The normalized spacial score (nSPS) is 14.5. The molecule has 0 heterocycles. The van der Waals surface area contributed by atoms with Crippen molar-refractivity contribution >= 4 is 52.5 Å². The molecule has 0 aromatic rings. The molecule has 0 fully saturated rings. The molecule has 0 aromatic carbocycles. The van der Waals surface area contributed by atoms with Crippen LogP contribution in [0.4, 0.5) is 0 Å². The van der Waals surface area contributed by atoms with E-state index >= 15 is 0 Å². The van der Waals surface area contributed by atoms with Crippen molar-refractivity contribution in [3.05, 3.63) is 0 Å². The minimum atomic E-state index is -0.391. The molecule has 0 nitrogen and oxygen atoms in total. The first-order valence-electron chi connectivity index (χ1n) is 11.4. The summed E-state index contributed by atoms with van der Waals surface area (Å²) in [7, 11) is 4.58. The van der Waals surface area contributed by atoms with Crippen molar-refractivity contribution in [1.82, 2.24) is 0 Å². The third-order valence-corrected chi connectivity index (χ3v) is 21.2. The van der Waals surface area contributed by atoms with Crippen LogP contribution in [0.15, 0.2) is 0 Å². The summed E-state index contributed by atoms with van der Waals surface area (Å²) >= 11 is 0.515. The van der Waals surface area contributed by atoms with Gasteiger partial charge in [0.15, 0.2) is 0 Å². The monoisotopic (exact) mass is 596 g/mol. The maximum atomic E-state index is 5.37. The fraction of sp³-hybridized carbons (Fsp3) is 1.00. The molecule has 0 N–H and O–H groups in total. The summed E-state index contributed by atoms with van der Waals surface area (Å²) in [5, 5.41) is 2.92. The van der Waals surface area contributed by atoms with Crippen molar-refractivity contribution in [2.24, 2.45) is 0 Å². The van der Waals surface area contributed by atoms with E-state index in [0.717, 1.165) is 0 Å². The van der Waals surface area contributed by atoms with Gasteiger partial charge in [-0.1, -0.05) is 125 Å². The van der Waals surface area contributed by atoms with Crippen LogP contribution in [0.2, 0.25) is 36.0 Å². The average molecular weight is 595 g/mol. The van der Waals surface area contributed by atoms with Crippen molar-refractivity contribution in [3.63, 3.8) is 0 Å². The first-order chi connectivity index (χ1) is 12.6. The molecule has 0 bridgehead atoms. The predicted molar refractivity (Wildman–Crippen MR) is 153 cm³/mol. The van der Waals surface area contributed by atoms with Gasteiger partial charge in [-0.15, -0.1) is 0 Å². The van der Waals surface area contributed by atoms with Crippen LogP contribution in [0, 0.1) is 0 Å². The third kappa shape index (κ3) is 16.4. The molecule has 0 aromatic heterocycles. The Hall–Kier alpha value is 1.81. The summed E-state index contributed by atoms with van der Waals surface area (Å²) in [6, 6.07) is 0. The molecule has 0 rings (SSSR count).